The first-order valence-corrected chi connectivity index (χ1v) is 7.01. The van der Waals surface area contributed by atoms with Gasteiger partial charge in [0.15, 0.2) is 0 Å². The molecular formula is C13H15BrClNO. The van der Waals surface area contributed by atoms with Crippen LogP contribution in [0.15, 0.2) is 22.7 Å². The van der Waals surface area contributed by atoms with E-state index in [4.69, 9.17) is 11.6 Å². The summed E-state index contributed by atoms with van der Waals surface area (Å²) in [5.74, 6) is 0.729. The first kappa shape index (κ1) is 12.9. The zero-order valence-corrected chi connectivity index (χ0v) is 12.0. The summed E-state index contributed by atoms with van der Waals surface area (Å²) in [6, 6.07) is 5.48. The van der Waals surface area contributed by atoms with Gasteiger partial charge in [-0.2, -0.15) is 0 Å². The molecular weight excluding hydrogens is 302 g/mol. The standard InChI is InChI=1S/C13H15BrClNO/c1-8-4-2-5-9(8)13(17)16-11-7-3-6-10(15)12(11)14/h3,6-9H,2,4-5H2,1H3,(H,16,17). The second kappa shape index (κ2) is 5.40. The highest BCUT2D eigenvalue weighted by atomic mass is 79.9. The third kappa shape index (κ3) is 2.83. The summed E-state index contributed by atoms with van der Waals surface area (Å²) >= 11 is 9.37. The van der Waals surface area contributed by atoms with E-state index in [1.807, 2.05) is 12.1 Å². The fourth-order valence-corrected chi connectivity index (χ4v) is 2.90. The molecule has 92 valence electrons. The number of benzene rings is 1. The van der Waals surface area contributed by atoms with Gasteiger partial charge in [0.25, 0.3) is 0 Å². The van der Waals surface area contributed by atoms with Gasteiger partial charge in [-0.15, -0.1) is 0 Å². The van der Waals surface area contributed by atoms with Crippen LogP contribution in [0, 0.1) is 11.8 Å². The molecule has 17 heavy (non-hydrogen) atoms. The molecule has 2 nitrogen and oxygen atoms in total. The molecule has 1 aliphatic rings. The van der Waals surface area contributed by atoms with Crippen LogP contribution >= 0.6 is 27.5 Å². The Morgan fingerprint density at radius 1 is 1.47 bits per heavy atom. The summed E-state index contributed by atoms with van der Waals surface area (Å²) in [4.78, 5) is 12.1. The maximum Gasteiger partial charge on any atom is 0.227 e. The summed E-state index contributed by atoms with van der Waals surface area (Å²) in [5, 5.41) is 3.57. The number of anilines is 1. The highest BCUT2D eigenvalue weighted by Gasteiger charge is 2.29. The molecule has 0 bridgehead atoms. The van der Waals surface area contributed by atoms with Crippen LogP contribution < -0.4 is 5.32 Å². The van der Waals surface area contributed by atoms with E-state index in [2.05, 4.69) is 28.2 Å². The molecule has 2 atom stereocenters. The van der Waals surface area contributed by atoms with Crippen molar-refractivity contribution < 1.29 is 4.79 Å². The Balaban J connectivity index is 2.10. The third-order valence-electron chi connectivity index (χ3n) is 3.41. The van der Waals surface area contributed by atoms with Gasteiger partial charge in [0.1, 0.15) is 0 Å². The Morgan fingerprint density at radius 2 is 2.24 bits per heavy atom. The van der Waals surface area contributed by atoms with Crippen LogP contribution in [-0.4, -0.2) is 5.91 Å². The van der Waals surface area contributed by atoms with E-state index in [9.17, 15) is 4.79 Å². The number of amides is 1. The van der Waals surface area contributed by atoms with E-state index >= 15 is 0 Å². The molecule has 1 fully saturated rings. The second-order valence-corrected chi connectivity index (χ2v) is 5.81. The van der Waals surface area contributed by atoms with Crippen molar-refractivity contribution in [2.24, 2.45) is 11.8 Å². The van der Waals surface area contributed by atoms with Crippen LogP contribution in [0.1, 0.15) is 26.2 Å². The molecule has 0 aromatic heterocycles. The van der Waals surface area contributed by atoms with E-state index in [1.54, 1.807) is 6.07 Å². The predicted octanol–water partition coefficient (Wildman–Crippen LogP) is 4.48. The maximum absolute atomic E-state index is 12.1. The van der Waals surface area contributed by atoms with Crippen molar-refractivity contribution in [2.75, 3.05) is 5.32 Å². The monoisotopic (exact) mass is 315 g/mol. The molecule has 0 radical (unpaired) electrons. The van der Waals surface area contributed by atoms with Crippen molar-refractivity contribution in [1.82, 2.24) is 0 Å². The summed E-state index contributed by atoms with van der Waals surface area (Å²) in [6.07, 6.45) is 3.29. The summed E-state index contributed by atoms with van der Waals surface area (Å²) in [7, 11) is 0. The van der Waals surface area contributed by atoms with Gasteiger partial charge in [0, 0.05) is 5.92 Å². The lowest BCUT2D eigenvalue weighted by molar-refractivity contribution is -0.120. The number of carbonyl (C=O) groups is 1. The first-order valence-electron chi connectivity index (χ1n) is 5.84. The van der Waals surface area contributed by atoms with Crippen LogP contribution in [0.4, 0.5) is 5.69 Å². The number of halogens is 2. The number of hydrogen-bond donors (Lipinski definition) is 1. The normalized spacial score (nSPS) is 23.7. The Hall–Kier alpha value is -0.540. The van der Waals surface area contributed by atoms with Gasteiger partial charge >= 0.3 is 0 Å². The number of hydrogen-bond acceptors (Lipinski definition) is 1. The van der Waals surface area contributed by atoms with Crippen LogP contribution in [0.25, 0.3) is 0 Å². The summed E-state index contributed by atoms with van der Waals surface area (Å²) in [5.41, 5.74) is 0.751. The average molecular weight is 317 g/mol. The molecule has 2 rings (SSSR count). The van der Waals surface area contributed by atoms with Crippen molar-refractivity contribution in [3.8, 4) is 0 Å². The fourth-order valence-electron chi connectivity index (χ4n) is 2.36. The molecule has 1 amide bonds. The van der Waals surface area contributed by atoms with E-state index in [1.165, 1.54) is 0 Å². The number of rotatable bonds is 2. The third-order valence-corrected chi connectivity index (χ3v) is 4.81. The van der Waals surface area contributed by atoms with E-state index in [-0.39, 0.29) is 11.8 Å². The quantitative estimate of drug-likeness (QED) is 0.856. The SMILES string of the molecule is CC1CCCC1C(=O)Nc1cccc(Cl)c1Br. The average Bonchev–Trinajstić information content (AvgIpc) is 2.71. The van der Waals surface area contributed by atoms with Gasteiger partial charge in [0.05, 0.1) is 15.2 Å². The minimum absolute atomic E-state index is 0.109. The molecule has 0 saturated heterocycles. The Kier molecular flexibility index (Phi) is 4.10. The van der Waals surface area contributed by atoms with Gasteiger partial charge in [0.2, 0.25) is 5.91 Å². The lowest BCUT2D eigenvalue weighted by atomic mass is 9.97. The van der Waals surface area contributed by atoms with Gasteiger partial charge in [-0.25, -0.2) is 0 Å². The van der Waals surface area contributed by atoms with Crippen molar-refractivity contribution in [1.29, 1.82) is 0 Å². The Bertz CT molecular complexity index is 435. The molecule has 1 aromatic carbocycles. The van der Waals surface area contributed by atoms with Gasteiger partial charge in [-0.3, -0.25) is 4.79 Å². The highest BCUT2D eigenvalue weighted by Crippen LogP contribution is 2.34. The fraction of sp³-hybridized carbons (Fsp3) is 0.462. The van der Waals surface area contributed by atoms with E-state index in [0.29, 0.717) is 10.9 Å². The van der Waals surface area contributed by atoms with Crippen LogP contribution in [-0.2, 0) is 4.79 Å². The molecule has 4 heteroatoms. The Morgan fingerprint density at radius 3 is 2.88 bits per heavy atom. The lowest BCUT2D eigenvalue weighted by Crippen LogP contribution is -2.24. The Labute approximate surface area is 115 Å². The molecule has 0 aliphatic heterocycles. The number of nitrogens with one attached hydrogen (secondary N) is 1. The molecule has 1 N–H and O–H groups in total. The van der Waals surface area contributed by atoms with E-state index < -0.39 is 0 Å². The van der Waals surface area contributed by atoms with Gasteiger partial charge < -0.3 is 5.32 Å². The molecule has 1 aromatic rings. The maximum atomic E-state index is 12.1. The summed E-state index contributed by atoms with van der Waals surface area (Å²) in [6.45, 7) is 2.14. The van der Waals surface area contributed by atoms with Crippen molar-refractivity contribution in [2.45, 2.75) is 26.2 Å². The summed E-state index contributed by atoms with van der Waals surface area (Å²) < 4.78 is 0.751. The first-order chi connectivity index (χ1) is 8.09. The predicted molar refractivity (Wildman–Crippen MR) is 74.3 cm³/mol. The second-order valence-electron chi connectivity index (χ2n) is 4.61. The molecule has 0 heterocycles. The largest absolute Gasteiger partial charge is 0.325 e. The van der Waals surface area contributed by atoms with Crippen LogP contribution in [0.3, 0.4) is 0 Å². The molecule has 2 unspecified atom stereocenters. The minimum Gasteiger partial charge on any atom is -0.325 e. The lowest BCUT2D eigenvalue weighted by Gasteiger charge is -2.16. The van der Waals surface area contributed by atoms with Crippen molar-refractivity contribution in [3.05, 3.63) is 27.7 Å². The van der Waals surface area contributed by atoms with Crippen molar-refractivity contribution in [3.63, 3.8) is 0 Å². The van der Waals surface area contributed by atoms with Crippen molar-refractivity contribution >= 4 is 39.1 Å². The molecule has 1 saturated carbocycles. The molecule has 1 aliphatic carbocycles. The zero-order valence-electron chi connectivity index (χ0n) is 9.67. The van der Waals surface area contributed by atoms with Gasteiger partial charge in [-0.1, -0.05) is 31.0 Å². The zero-order chi connectivity index (χ0) is 12.4. The minimum atomic E-state index is 0.109. The highest BCUT2D eigenvalue weighted by molar-refractivity contribution is 9.10. The van der Waals surface area contributed by atoms with Crippen LogP contribution in [0.5, 0.6) is 0 Å². The van der Waals surface area contributed by atoms with E-state index in [0.717, 1.165) is 29.4 Å². The topological polar surface area (TPSA) is 29.1 Å². The molecule has 0 spiro atoms. The van der Waals surface area contributed by atoms with Gasteiger partial charge in [-0.05, 0) is 46.8 Å². The number of carbonyl (C=O) groups excluding carboxylic acids is 1. The van der Waals surface area contributed by atoms with Crippen LogP contribution in [0.2, 0.25) is 5.02 Å². The smallest absolute Gasteiger partial charge is 0.227 e.